The van der Waals surface area contributed by atoms with Crippen molar-refractivity contribution >= 4 is 5.78 Å². The first-order chi connectivity index (χ1) is 11.1. The van der Waals surface area contributed by atoms with E-state index in [-0.39, 0.29) is 11.2 Å². The molecule has 5 rings (SSSR count). The van der Waals surface area contributed by atoms with Gasteiger partial charge in [0.1, 0.15) is 5.78 Å². The smallest absolute Gasteiger partial charge is 0.172 e. The summed E-state index contributed by atoms with van der Waals surface area (Å²) in [5, 5.41) is 0. The van der Waals surface area contributed by atoms with Gasteiger partial charge in [0.15, 0.2) is 5.79 Å². The predicted molar refractivity (Wildman–Crippen MR) is 86.8 cm³/mol. The lowest BCUT2D eigenvalue weighted by Crippen LogP contribution is -2.41. The molecule has 0 aromatic rings. The Labute approximate surface area is 138 Å². The van der Waals surface area contributed by atoms with E-state index in [1.54, 1.807) is 16.7 Å². The summed E-state index contributed by atoms with van der Waals surface area (Å²) >= 11 is 0. The Bertz CT molecular complexity index is 623. The molecule has 3 heteroatoms. The average molecular weight is 314 g/mol. The van der Waals surface area contributed by atoms with Crippen LogP contribution in [0.1, 0.15) is 58.3 Å². The largest absolute Gasteiger partial charge is 0.347 e. The van der Waals surface area contributed by atoms with Gasteiger partial charge in [0, 0.05) is 24.7 Å². The first-order valence-electron chi connectivity index (χ1n) is 9.34. The third-order valence-corrected chi connectivity index (χ3v) is 7.35. The Morgan fingerprint density at radius 1 is 1.13 bits per heavy atom. The number of ether oxygens (including phenoxy) is 2. The highest BCUT2D eigenvalue weighted by Gasteiger charge is 2.53. The molecule has 3 atom stereocenters. The van der Waals surface area contributed by atoms with Crippen molar-refractivity contribution < 1.29 is 14.3 Å². The number of ketones is 1. The Morgan fingerprint density at radius 3 is 2.78 bits per heavy atom. The SMILES string of the molecule is C[C@]12CC=C3C4=C(CCC3C1CCC2=O)CC1(CC4)OCCO1. The van der Waals surface area contributed by atoms with Crippen LogP contribution in [0.2, 0.25) is 0 Å². The average Bonchev–Trinajstić information content (AvgIpc) is 3.12. The summed E-state index contributed by atoms with van der Waals surface area (Å²) in [6, 6.07) is 0. The van der Waals surface area contributed by atoms with Crippen molar-refractivity contribution in [3.63, 3.8) is 0 Å². The number of rotatable bonds is 0. The molecule has 4 aliphatic carbocycles. The highest BCUT2D eigenvalue weighted by atomic mass is 16.7. The van der Waals surface area contributed by atoms with Crippen molar-refractivity contribution in [2.45, 2.75) is 64.1 Å². The summed E-state index contributed by atoms with van der Waals surface area (Å²) in [5.74, 6) is 1.41. The van der Waals surface area contributed by atoms with E-state index in [0.717, 1.165) is 51.7 Å². The molecule has 0 bridgehead atoms. The highest BCUT2D eigenvalue weighted by Crippen LogP contribution is 2.58. The van der Waals surface area contributed by atoms with Crippen molar-refractivity contribution in [2.75, 3.05) is 13.2 Å². The summed E-state index contributed by atoms with van der Waals surface area (Å²) < 4.78 is 11.9. The summed E-state index contributed by atoms with van der Waals surface area (Å²) in [5.41, 5.74) is 4.71. The van der Waals surface area contributed by atoms with Gasteiger partial charge in [-0.1, -0.05) is 18.6 Å². The van der Waals surface area contributed by atoms with Gasteiger partial charge < -0.3 is 9.47 Å². The third kappa shape index (κ3) is 1.93. The van der Waals surface area contributed by atoms with Crippen LogP contribution in [0.3, 0.4) is 0 Å². The molecule has 1 spiro atoms. The maximum absolute atomic E-state index is 12.4. The van der Waals surface area contributed by atoms with E-state index in [9.17, 15) is 4.79 Å². The second kappa shape index (κ2) is 4.80. The summed E-state index contributed by atoms with van der Waals surface area (Å²) in [4.78, 5) is 12.4. The maximum atomic E-state index is 12.4. The molecule has 124 valence electrons. The molecule has 2 unspecified atom stereocenters. The molecule has 3 nitrogen and oxygen atoms in total. The predicted octanol–water partition coefficient (Wildman–Crippen LogP) is 3.94. The second-order valence-corrected chi connectivity index (χ2v) is 8.36. The molecule has 5 aliphatic rings. The molecule has 23 heavy (non-hydrogen) atoms. The van der Waals surface area contributed by atoms with Crippen LogP contribution in [-0.4, -0.2) is 24.8 Å². The highest BCUT2D eigenvalue weighted by molar-refractivity contribution is 5.87. The lowest BCUT2D eigenvalue weighted by atomic mass is 9.58. The van der Waals surface area contributed by atoms with Crippen molar-refractivity contribution in [2.24, 2.45) is 17.3 Å². The zero-order chi connectivity index (χ0) is 15.7. The van der Waals surface area contributed by atoms with Gasteiger partial charge in [0.2, 0.25) is 0 Å². The minimum atomic E-state index is -0.307. The molecule has 1 aliphatic heterocycles. The Morgan fingerprint density at radius 2 is 1.96 bits per heavy atom. The zero-order valence-corrected chi connectivity index (χ0v) is 14.0. The minimum Gasteiger partial charge on any atom is -0.347 e. The first-order valence-corrected chi connectivity index (χ1v) is 9.34. The van der Waals surface area contributed by atoms with Gasteiger partial charge in [-0.15, -0.1) is 0 Å². The van der Waals surface area contributed by atoms with Crippen LogP contribution >= 0.6 is 0 Å². The summed E-state index contributed by atoms with van der Waals surface area (Å²) in [7, 11) is 0. The van der Waals surface area contributed by atoms with Crippen LogP contribution in [-0.2, 0) is 14.3 Å². The van der Waals surface area contributed by atoms with Gasteiger partial charge in [-0.3, -0.25) is 4.79 Å². The van der Waals surface area contributed by atoms with E-state index in [1.807, 2.05) is 0 Å². The molecular formula is C20H26O3. The van der Waals surface area contributed by atoms with Gasteiger partial charge in [-0.25, -0.2) is 0 Å². The lowest BCUT2D eigenvalue weighted by Gasteiger charge is -2.46. The number of Topliss-reactive ketones (excluding diaryl/α,β-unsaturated/α-hetero) is 1. The van der Waals surface area contributed by atoms with E-state index in [0.29, 0.717) is 17.6 Å². The van der Waals surface area contributed by atoms with Gasteiger partial charge in [0.05, 0.1) is 13.2 Å². The Hall–Kier alpha value is -0.930. The first kappa shape index (κ1) is 14.4. The number of fused-ring (bicyclic) bond motifs is 4. The van der Waals surface area contributed by atoms with E-state index in [2.05, 4.69) is 13.0 Å². The molecule has 0 radical (unpaired) electrons. The maximum Gasteiger partial charge on any atom is 0.172 e. The topological polar surface area (TPSA) is 35.5 Å². The fourth-order valence-electron chi connectivity index (χ4n) is 6.08. The molecule has 2 fully saturated rings. The fraction of sp³-hybridized carbons (Fsp3) is 0.750. The molecule has 1 saturated carbocycles. The van der Waals surface area contributed by atoms with Crippen LogP contribution in [0.25, 0.3) is 0 Å². The zero-order valence-electron chi connectivity index (χ0n) is 14.0. The summed E-state index contributed by atoms with van der Waals surface area (Å²) in [6.45, 7) is 3.72. The molecular weight excluding hydrogens is 288 g/mol. The van der Waals surface area contributed by atoms with Crippen molar-refractivity contribution in [1.29, 1.82) is 0 Å². The van der Waals surface area contributed by atoms with E-state index < -0.39 is 0 Å². The van der Waals surface area contributed by atoms with E-state index in [4.69, 9.17) is 9.47 Å². The Balaban J connectivity index is 1.49. The van der Waals surface area contributed by atoms with Crippen molar-refractivity contribution in [3.05, 3.63) is 22.8 Å². The molecule has 1 heterocycles. The second-order valence-electron chi connectivity index (χ2n) is 8.36. The third-order valence-electron chi connectivity index (χ3n) is 7.35. The number of allylic oxidation sites excluding steroid dienone is 3. The molecule has 0 N–H and O–H groups in total. The van der Waals surface area contributed by atoms with Crippen LogP contribution in [0.4, 0.5) is 0 Å². The van der Waals surface area contributed by atoms with E-state index >= 15 is 0 Å². The van der Waals surface area contributed by atoms with Crippen LogP contribution in [0.5, 0.6) is 0 Å². The van der Waals surface area contributed by atoms with Crippen molar-refractivity contribution in [3.8, 4) is 0 Å². The molecule has 1 saturated heterocycles. The van der Waals surface area contributed by atoms with Crippen LogP contribution < -0.4 is 0 Å². The normalized spacial score (nSPS) is 41.6. The lowest BCUT2D eigenvalue weighted by molar-refractivity contribution is -0.164. The number of carbonyl (C=O) groups is 1. The molecule has 0 amide bonds. The van der Waals surface area contributed by atoms with Crippen molar-refractivity contribution in [1.82, 2.24) is 0 Å². The van der Waals surface area contributed by atoms with Gasteiger partial charge in [-0.2, -0.15) is 0 Å². The number of hydrogen-bond acceptors (Lipinski definition) is 3. The Kier molecular flexibility index (Phi) is 3.01. The van der Waals surface area contributed by atoms with Gasteiger partial charge in [-0.05, 0) is 55.1 Å². The van der Waals surface area contributed by atoms with Gasteiger partial charge >= 0.3 is 0 Å². The molecule has 0 aromatic carbocycles. The number of hydrogen-bond donors (Lipinski definition) is 0. The quantitative estimate of drug-likeness (QED) is 0.679. The van der Waals surface area contributed by atoms with Crippen LogP contribution in [0.15, 0.2) is 22.8 Å². The summed E-state index contributed by atoms with van der Waals surface area (Å²) in [6.07, 6.45) is 10.7. The van der Waals surface area contributed by atoms with E-state index in [1.165, 1.54) is 12.8 Å². The standard InChI is InChI=1S/C20H26O3/c1-19-8-6-15-14-7-9-20(22-10-11-23-20)12-13(14)2-3-16(15)17(19)4-5-18(19)21/h6,16-17H,2-5,7-12H2,1H3/t16?,17?,19-/m0/s1. The minimum absolute atomic E-state index is 0.0696. The monoisotopic (exact) mass is 314 g/mol. The molecule has 0 aromatic heterocycles. The van der Waals surface area contributed by atoms with Crippen LogP contribution in [0, 0.1) is 17.3 Å². The fourth-order valence-corrected chi connectivity index (χ4v) is 6.08. The van der Waals surface area contributed by atoms with Gasteiger partial charge in [0.25, 0.3) is 0 Å². The number of carbonyl (C=O) groups excluding carboxylic acids is 1.